The van der Waals surface area contributed by atoms with Crippen LogP contribution in [0.15, 0.2) is 34.0 Å². The SMILES string of the molecule is Cc1ccc(-n2ncc(=O)n(CC(O)CO)c2=O)cc1C(=O)NCC1(O)CCCCCC1. The Balaban J connectivity index is 1.86. The van der Waals surface area contributed by atoms with E-state index in [1.165, 1.54) is 6.07 Å². The molecule has 3 rings (SSSR count). The third-order valence-electron chi connectivity index (χ3n) is 5.89. The summed E-state index contributed by atoms with van der Waals surface area (Å²) in [5, 5.41) is 36.1. The van der Waals surface area contributed by atoms with Gasteiger partial charge in [-0.25, -0.2) is 4.79 Å². The van der Waals surface area contributed by atoms with Gasteiger partial charge in [-0.05, 0) is 37.5 Å². The molecule has 174 valence electrons. The zero-order chi connectivity index (χ0) is 23.3. The molecule has 0 radical (unpaired) electrons. The van der Waals surface area contributed by atoms with E-state index in [2.05, 4.69) is 10.4 Å². The highest BCUT2D eigenvalue weighted by molar-refractivity contribution is 5.96. The van der Waals surface area contributed by atoms with Crippen molar-refractivity contribution in [3.8, 4) is 5.69 Å². The van der Waals surface area contributed by atoms with Gasteiger partial charge in [0.05, 0.1) is 30.5 Å². The number of carbonyl (C=O) groups is 1. The fourth-order valence-corrected chi connectivity index (χ4v) is 3.94. The zero-order valence-corrected chi connectivity index (χ0v) is 18.2. The second-order valence-corrected chi connectivity index (χ2v) is 8.44. The Bertz CT molecular complexity index is 1070. The van der Waals surface area contributed by atoms with Gasteiger partial charge in [0.1, 0.15) is 6.20 Å². The number of nitrogens with zero attached hydrogens (tertiary/aromatic N) is 3. The third-order valence-corrected chi connectivity index (χ3v) is 5.89. The average molecular weight is 447 g/mol. The number of aliphatic hydroxyl groups excluding tert-OH is 2. The van der Waals surface area contributed by atoms with Crippen molar-refractivity contribution in [3.05, 3.63) is 56.4 Å². The normalized spacial score (nSPS) is 16.9. The van der Waals surface area contributed by atoms with Crippen LogP contribution < -0.4 is 16.6 Å². The fourth-order valence-electron chi connectivity index (χ4n) is 3.94. The lowest BCUT2D eigenvalue weighted by molar-refractivity contribution is 0.0246. The first-order valence-corrected chi connectivity index (χ1v) is 10.8. The van der Waals surface area contributed by atoms with Gasteiger partial charge < -0.3 is 20.6 Å². The van der Waals surface area contributed by atoms with E-state index in [9.17, 15) is 24.6 Å². The number of hydrogen-bond donors (Lipinski definition) is 4. The van der Waals surface area contributed by atoms with Gasteiger partial charge in [0.15, 0.2) is 0 Å². The summed E-state index contributed by atoms with van der Waals surface area (Å²) in [4.78, 5) is 37.6. The highest BCUT2D eigenvalue weighted by Gasteiger charge is 2.28. The minimum atomic E-state index is -1.27. The van der Waals surface area contributed by atoms with E-state index >= 15 is 0 Å². The van der Waals surface area contributed by atoms with Crippen LogP contribution in [-0.2, 0) is 6.54 Å². The third kappa shape index (κ3) is 5.50. The van der Waals surface area contributed by atoms with Crippen molar-refractivity contribution in [1.82, 2.24) is 19.7 Å². The van der Waals surface area contributed by atoms with Crippen molar-refractivity contribution in [2.24, 2.45) is 0 Å². The summed E-state index contributed by atoms with van der Waals surface area (Å²) in [6.45, 7) is 0.926. The smallest absolute Gasteiger partial charge is 0.352 e. The van der Waals surface area contributed by atoms with Gasteiger partial charge in [-0.15, -0.1) is 0 Å². The molecule has 1 aromatic carbocycles. The van der Waals surface area contributed by atoms with E-state index in [4.69, 9.17) is 5.11 Å². The lowest BCUT2D eigenvalue weighted by Gasteiger charge is -2.27. The Labute approximate surface area is 185 Å². The maximum Gasteiger partial charge on any atom is 0.352 e. The maximum absolute atomic E-state index is 12.9. The van der Waals surface area contributed by atoms with E-state index in [1.807, 2.05) is 0 Å². The molecule has 1 saturated carbocycles. The molecule has 4 N–H and O–H groups in total. The molecule has 1 unspecified atom stereocenters. The van der Waals surface area contributed by atoms with Gasteiger partial charge in [-0.2, -0.15) is 9.78 Å². The Morgan fingerprint density at radius 2 is 1.91 bits per heavy atom. The number of aryl methyl sites for hydroxylation is 1. The van der Waals surface area contributed by atoms with E-state index in [0.29, 0.717) is 24.0 Å². The number of carbonyl (C=O) groups excluding carboxylic acids is 1. The van der Waals surface area contributed by atoms with Crippen molar-refractivity contribution in [3.63, 3.8) is 0 Å². The molecule has 1 fully saturated rings. The number of aromatic nitrogens is 3. The number of nitrogens with one attached hydrogen (secondary N) is 1. The summed E-state index contributed by atoms with van der Waals surface area (Å²) in [6, 6.07) is 4.75. The molecule has 32 heavy (non-hydrogen) atoms. The molecule has 1 aliphatic carbocycles. The van der Waals surface area contributed by atoms with Crippen LogP contribution in [0.1, 0.15) is 54.4 Å². The van der Waals surface area contributed by atoms with Crippen LogP contribution in [0.4, 0.5) is 0 Å². The molecule has 0 spiro atoms. The van der Waals surface area contributed by atoms with Crippen molar-refractivity contribution in [2.75, 3.05) is 13.2 Å². The number of amides is 1. The summed E-state index contributed by atoms with van der Waals surface area (Å²) in [5.41, 5.74) is -1.16. The first kappa shape index (κ1) is 23.8. The summed E-state index contributed by atoms with van der Waals surface area (Å²) < 4.78 is 1.73. The number of benzene rings is 1. The zero-order valence-electron chi connectivity index (χ0n) is 18.2. The van der Waals surface area contributed by atoms with Crippen LogP contribution in [-0.4, -0.2) is 60.4 Å². The average Bonchev–Trinajstić information content (AvgIpc) is 3.00. The molecule has 1 amide bonds. The fraction of sp³-hybridized carbons (Fsp3) is 0.545. The molecule has 0 bridgehead atoms. The van der Waals surface area contributed by atoms with Gasteiger partial charge in [-0.1, -0.05) is 31.7 Å². The van der Waals surface area contributed by atoms with Crippen LogP contribution in [0, 0.1) is 6.92 Å². The number of aliphatic hydroxyl groups is 3. The predicted molar refractivity (Wildman–Crippen MR) is 117 cm³/mol. The number of hydrogen-bond acceptors (Lipinski definition) is 7. The van der Waals surface area contributed by atoms with Crippen molar-refractivity contribution >= 4 is 5.91 Å². The molecule has 1 atom stereocenters. The van der Waals surface area contributed by atoms with Gasteiger partial charge in [-0.3, -0.25) is 14.2 Å². The van der Waals surface area contributed by atoms with Gasteiger partial charge >= 0.3 is 5.69 Å². The quantitative estimate of drug-likeness (QED) is 0.433. The van der Waals surface area contributed by atoms with Crippen LogP contribution in [0.2, 0.25) is 0 Å². The topological polar surface area (TPSA) is 147 Å². The first-order valence-electron chi connectivity index (χ1n) is 10.8. The van der Waals surface area contributed by atoms with Crippen molar-refractivity contribution < 1.29 is 20.1 Å². The van der Waals surface area contributed by atoms with Gasteiger partial charge in [0.2, 0.25) is 0 Å². The lowest BCUT2D eigenvalue weighted by Crippen LogP contribution is -2.43. The van der Waals surface area contributed by atoms with Crippen LogP contribution in [0.25, 0.3) is 5.69 Å². The van der Waals surface area contributed by atoms with Gasteiger partial charge in [0, 0.05) is 12.1 Å². The summed E-state index contributed by atoms with van der Waals surface area (Å²) in [5.74, 6) is -0.376. The van der Waals surface area contributed by atoms with E-state index in [-0.39, 0.29) is 24.7 Å². The second-order valence-electron chi connectivity index (χ2n) is 8.44. The van der Waals surface area contributed by atoms with Crippen LogP contribution in [0.5, 0.6) is 0 Å². The lowest BCUT2D eigenvalue weighted by atomic mass is 9.94. The van der Waals surface area contributed by atoms with E-state index in [1.54, 1.807) is 19.1 Å². The molecule has 1 aliphatic rings. The van der Waals surface area contributed by atoms with Gasteiger partial charge in [0.25, 0.3) is 11.5 Å². The minimum Gasteiger partial charge on any atom is -0.394 e. The standard InChI is InChI=1S/C22H30N4O6/c1-15-6-7-16(26-21(31)25(12-17(28)13-27)19(29)11-24-26)10-18(15)20(30)23-14-22(32)8-4-2-3-5-9-22/h6-7,10-11,17,27-28,32H,2-5,8-9,12-14H2,1H3,(H,23,30). The number of rotatable bonds is 7. The van der Waals surface area contributed by atoms with Crippen molar-refractivity contribution in [2.45, 2.75) is 63.7 Å². The second kappa shape index (κ2) is 10.2. The van der Waals surface area contributed by atoms with E-state index in [0.717, 1.165) is 41.1 Å². The molecule has 0 saturated heterocycles. The first-order chi connectivity index (χ1) is 15.2. The van der Waals surface area contributed by atoms with Crippen molar-refractivity contribution in [1.29, 1.82) is 0 Å². The molecule has 10 nitrogen and oxygen atoms in total. The van der Waals surface area contributed by atoms with E-state index < -0.39 is 29.6 Å². The highest BCUT2D eigenvalue weighted by Crippen LogP contribution is 2.26. The minimum absolute atomic E-state index is 0.150. The summed E-state index contributed by atoms with van der Waals surface area (Å²) >= 11 is 0. The Morgan fingerprint density at radius 1 is 1.22 bits per heavy atom. The summed E-state index contributed by atoms with van der Waals surface area (Å²) in [7, 11) is 0. The monoisotopic (exact) mass is 446 g/mol. The molecule has 1 heterocycles. The maximum atomic E-state index is 12.9. The molecule has 2 aromatic rings. The Morgan fingerprint density at radius 3 is 2.56 bits per heavy atom. The molecular weight excluding hydrogens is 416 g/mol. The Hall–Kier alpha value is -2.82. The largest absolute Gasteiger partial charge is 0.394 e. The predicted octanol–water partition coefficient (Wildman–Crippen LogP) is -0.129. The van der Waals surface area contributed by atoms with Crippen LogP contribution >= 0.6 is 0 Å². The summed E-state index contributed by atoms with van der Waals surface area (Å²) in [6.07, 6.45) is 4.97. The molecular formula is C22H30N4O6. The molecule has 1 aromatic heterocycles. The highest BCUT2D eigenvalue weighted by atomic mass is 16.3. The van der Waals surface area contributed by atoms with Crippen LogP contribution in [0.3, 0.4) is 0 Å². The Kier molecular flexibility index (Phi) is 7.60. The molecule has 0 aliphatic heterocycles. The molecule has 10 heteroatoms.